The Morgan fingerprint density at radius 1 is 0.971 bits per heavy atom. The molecule has 35 heavy (non-hydrogen) atoms. The fraction of sp³-hybridized carbons (Fsp3) is 0.286. The second kappa shape index (κ2) is 10.2. The molecule has 7 heteroatoms. The molecular formula is C28H29N3O4. The fourth-order valence-corrected chi connectivity index (χ4v) is 4.59. The van der Waals surface area contributed by atoms with Crippen LogP contribution in [0.3, 0.4) is 0 Å². The number of aromatic nitrogens is 2. The van der Waals surface area contributed by atoms with Crippen molar-refractivity contribution in [2.75, 3.05) is 24.7 Å². The van der Waals surface area contributed by atoms with Crippen LogP contribution in [0.2, 0.25) is 0 Å². The minimum atomic E-state index is -0.731. The van der Waals surface area contributed by atoms with Gasteiger partial charge in [0.2, 0.25) is 5.91 Å². The molecule has 0 unspecified atom stereocenters. The van der Waals surface area contributed by atoms with Gasteiger partial charge in [-0.25, -0.2) is 4.98 Å². The Morgan fingerprint density at radius 3 is 2.46 bits per heavy atom. The zero-order chi connectivity index (χ0) is 24.2. The molecule has 5 rings (SSSR count). The number of hydrogen-bond acceptors (Lipinski definition) is 5. The first-order valence-corrected chi connectivity index (χ1v) is 12.0. The van der Waals surface area contributed by atoms with Crippen LogP contribution < -0.4 is 14.4 Å². The van der Waals surface area contributed by atoms with E-state index in [1.54, 1.807) is 4.90 Å². The van der Waals surface area contributed by atoms with Gasteiger partial charge >= 0.3 is 0 Å². The number of nitrogens with zero attached hydrogens (tertiary/aromatic N) is 3. The summed E-state index contributed by atoms with van der Waals surface area (Å²) >= 11 is 0. The van der Waals surface area contributed by atoms with Crippen molar-refractivity contribution >= 4 is 22.6 Å². The molecule has 0 aliphatic carbocycles. The van der Waals surface area contributed by atoms with Gasteiger partial charge in [0.05, 0.1) is 24.2 Å². The predicted octanol–water partition coefficient (Wildman–Crippen LogP) is 4.40. The summed E-state index contributed by atoms with van der Waals surface area (Å²) in [5.41, 5.74) is 2.64. The monoisotopic (exact) mass is 471 g/mol. The van der Waals surface area contributed by atoms with Gasteiger partial charge in [-0.15, -0.1) is 0 Å². The fourth-order valence-electron chi connectivity index (χ4n) is 4.59. The van der Waals surface area contributed by atoms with Crippen molar-refractivity contribution < 1.29 is 19.4 Å². The largest absolute Gasteiger partial charge is 0.494 e. The number of para-hydroxylation sites is 3. The van der Waals surface area contributed by atoms with Crippen molar-refractivity contribution in [2.24, 2.45) is 0 Å². The zero-order valence-electron chi connectivity index (χ0n) is 19.7. The molecule has 0 saturated carbocycles. The smallest absolute Gasteiger partial charge is 0.227 e. The third-order valence-corrected chi connectivity index (χ3v) is 6.21. The minimum absolute atomic E-state index is 0.0609. The Hall–Kier alpha value is -3.84. The van der Waals surface area contributed by atoms with Gasteiger partial charge in [0.1, 0.15) is 30.0 Å². The molecule has 180 valence electrons. The van der Waals surface area contributed by atoms with Gasteiger partial charge in [0.15, 0.2) is 0 Å². The number of imidazole rings is 1. The maximum absolute atomic E-state index is 13.0. The first kappa shape index (κ1) is 22.9. The van der Waals surface area contributed by atoms with Crippen LogP contribution in [0.15, 0.2) is 78.9 Å². The number of benzene rings is 3. The Balaban J connectivity index is 1.36. The van der Waals surface area contributed by atoms with E-state index in [1.165, 1.54) is 0 Å². The zero-order valence-corrected chi connectivity index (χ0v) is 19.7. The molecule has 4 aromatic rings. The molecule has 3 aromatic carbocycles. The normalized spacial score (nSPS) is 16.6. The summed E-state index contributed by atoms with van der Waals surface area (Å²) in [5, 5.41) is 10.8. The molecule has 1 aliphatic rings. The van der Waals surface area contributed by atoms with E-state index in [1.807, 2.05) is 90.4 Å². The van der Waals surface area contributed by atoms with E-state index >= 15 is 0 Å². The van der Waals surface area contributed by atoms with Gasteiger partial charge in [0, 0.05) is 24.6 Å². The molecule has 1 aromatic heterocycles. The van der Waals surface area contributed by atoms with Crippen LogP contribution >= 0.6 is 0 Å². The van der Waals surface area contributed by atoms with Crippen LogP contribution in [0.1, 0.15) is 25.1 Å². The van der Waals surface area contributed by atoms with Gasteiger partial charge < -0.3 is 24.0 Å². The molecule has 1 fully saturated rings. The number of anilines is 1. The molecule has 7 nitrogen and oxygen atoms in total. The lowest BCUT2D eigenvalue weighted by Gasteiger charge is -2.19. The van der Waals surface area contributed by atoms with E-state index in [0.717, 1.165) is 34.0 Å². The maximum Gasteiger partial charge on any atom is 0.227 e. The van der Waals surface area contributed by atoms with Crippen LogP contribution in [0, 0.1) is 0 Å². The molecule has 1 amide bonds. The van der Waals surface area contributed by atoms with Gasteiger partial charge in [-0.3, -0.25) is 4.79 Å². The van der Waals surface area contributed by atoms with Crippen LogP contribution in [0.5, 0.6) is 11.5 Å². The highest BCUT2D eigenvalue weighted by molar-refractivity contribution is 5.96. The Bertz CT molecular complexity index is 1290. The first-order chi connectivity index (χ1) is 17.1. The van der Waals surface area contributed by atoms with Crippen molar-refractivity contribution in [3.05, 3.63) is 84.7 Å². The molecular weight excluding hydrogens is 442 g/mol. The molecule has 2 atom stereocenters. The van der Waals surface area contributed by atoms with Gasteiger partial charge in [-0.2, -0.15) is 0 Å². The van der Waals surface area contributed by atoms with E-state index in [0.29, 0.717) is 26.1 Å². The summed E-state index contributed by atoms with van der Waals surface area (Å²) in [4.78, 5) is 19.6. The van der Waals surface area contributed by atoms with E-state index in [4.69, 9.17) is 14.5 Å². The summed E-state index contributed by atoms with van der Waals surface area (Å²) in [6.45, 7) is 3.57. The SMILES string of the molecule is CCOc1ccc(N2C[C@@H](c3nc4ccccc4n3C[C@H](O)COc3ccccc3)CC2=O)cc1. The van der Waals surface area contributed by atoms with Gasteiger partial charge in [-0.1, -0.05) is 30.3 Å². The van der Waals surface area contributed by atoms with Crippen molar-refractivity contribution in [2.45, 2.75) is 31.9 Å². The maximum atomic E-state index is 13.0. The predicted molar refractivity (Wildman–Crippen MR) is 135 cm³/mol. The Morgan fingerprint density at radius 2 is 1.69 bits per heavy atom. The van der Waals surface area contributed by atoms with Gasteiger partial charge in [-0.05, 0) is 55.5 Å². The van der Waals surface area contributed by atoms with Crippen LogP contribution in [-0.2, 0) is 11.3 Å². The third-order valence-electron chi connectivity index (χ3n) is 6.21. The third kappa shape index (κ3) is 5.00. The Labute approximate surface area is 204 Å². The second-order valence-corrected chi connectivity index (χ2v) is 8.68. The number of carbonyl (C=O) groups excluding carboxylic acids is 1. The summed E-state index contributed by atoms with van der Waals surface area (Å²) < 4.78 is 13.3. The van der Waals surface area contributed by atoms with Crippen molar-refractivity contribution in [3.8, 4) is 11.5 Å². The number of fused-ring (bicyclic) bond motifs is 1. The summed E-state index contributed by atoms with van der Waals surface area (Å²) in [7, 11) is 0. The number of aliphatic hydroxyl groups is 1. The van der Waals surface area contributed by atoms with Crippen LogP contribution in [-0.4, -0.2) is 46.4 Å². The molecule has 2 heterocycles. The number of carbonyl (C=O) groups is 1. The lowest BCUT2D eigenvalue weighted by Crippen LogP contribution is -2.26. The quantitative estimate of drug-likeness (QED) is 0.392. The van der Waals surface area contributed by atoms with Crippen molar-refractivity contribution in [1.82, 2.24) is 9.55 Å². The number of amides is 1. The molecule has 0 spiro atoms. The Kier molecular flexibility index (Phi) is 6.68. The number of ether oxygens (including phenoxy) is 2. The topological polar surface area (TPSA) is 76.8 Å². The number of hydrogen-bond donors (Lipinski definition) is 1. The van der Waals surface area contributed by atoms with Crippen LogP contribution in [0.4, 0.5) is 5.69 Å². The van der Waals surface area contributed by atoms with Crippen LogP contribution in [0.25, 0.3) is 11.0 Å². The molecule has 0 radical (unpaired) electrons. The first-order valence-electron chi connectivity index (χ1n) is 12.0. The van der Waals surface area contributed by atoms with Gasteiger partial charge in [0.25, 0.3) is 0 Å². The van der Waals surface area contributed by atoms with Crippen molar-refractivity contribution in [3.63, 3.8) is 0 Å². The molecule has 1 aliphatic heterocycles. The molecule has 1 N–H and O–H groups in total. The highest BCUT2D eigenvalue weighted by Crippen LogP contribution is 2.34. The average molecular weight is 472 g/mol. The summed E-state index contributed by atoms with van der Waals surface area (Å²) in [5.74, 6) is 2.30. The molecule has 0 bridgehead atoms. The van der Waals surface area contributed by atoms with E-state index < -0.39 is 6.10 Å². The lowest BCUT2D eigenvalue weighted by atomic mass is 10.1. The molecule has 1 saturated heterocycles. The van der Waals surface area contributed by atoms with E-state index in [-0.39, 0.29) is 18.4 Å². The average Bonchev–Trinajstić information content (AvgIpc) is 3.45. The number of aliphatic hydroxyl groups excluding tert-OH is 1. The number of rotatable bonds is 9. The summed E-state index contributed by atoms with van der Waals surface area (Å²) in [6, 6.07) is 24.9. The summed E-state index contributed by atoms with van der Waals surface area (Å²) in [6.07, 6.45) is -0.362. The van der Waals surface area contributed by atoms with E-state index in [2.05, 4.69) is 0 Å². The van der Waals surface area contributed by atoms with E-state index in [9.17, 15) is 9.90 Å². The second-order valence-electron chi connectivity index (χ2n) is 8.68. The highest BCUT2D eigenvalue weighted by Gasteiger charge is 2.35. The minimum Gasteiger partial charge on any atom is -0.494 e. The van der Waals surface area contributed by atoms with Crippen molar-refractivity contribution in [1.29, 1.82) is 0 Å². The standard InChI is InChI=1S/C28H29N3O4/c1-2-34-24-14-12-21(13-15-24)30-17-20(16-27(30)33)28-29-25-10-6-7-11-26(25)31(28)18-22(32)19-35-23-8-4-3-5-9-23/h3-15,20,22,32H,2,16-19H2,1H3/t20-,22-/m0/s1. The lowest BCUT2D eigenvalue weighted by molar-refractivity contribution is -0.117. The highest BCUT2D eigenvalue weighted by atomic mass is 16.5.